The Morgan fingerprint density at radius 1 is 1.25 bits per heavy atom. The quantitative estimate of drug-likeness (QED) is 0.696. The van der Waals surface area contributed by atoms with Gasteiger partial charge in [-0.3, -0.25) is 4.79 Å². The Labute approximate surface area is 141 Å². The molecule has 2 heterocycles. The number of rotatable bonds is 6. The van der Waals surface area contributed by atoms with Crippen molar-refractivity contribution in [3.8, 4) is 5.69 Å². The summed E-state index contributed by atoms with van der Waals surface area (Å²) in [7, 11) is 1.81. The summed E-state index contributed by atoms with van der Waals surface area (Å²) in [6.45, 7) is 1.96. The Hall–Kier alpha value is -2.82. The molecule has 0 aliphatic heterocycles. The van der Waals surface area contributed by atoms with E-state index < -0.39 is 0 Å². The molecule has 5 heteroatoms. The zero-order valence-corrected chi connectivity index (χ0v) is 13.9. The van der Waals surface area contributed by atoms with Crippen LogP contribution in [0, 0.1) is 0 Å². The predicted octanol–water partition coefficient (Wildman–Crippen LogP) is 3.62. The summed E-state index contributed by atoms with van der Waals surface area (Å²) in [5, 5.41) is 4.36. The van der Waals surface area contributed by atoms with E-state index in [0.717, 1.165) is 17.0 Å². The molecular weight excluding hydrogens is 302 g/mol. The minimum Gasteiger partial charge on any atom is -0.467 e. The lowest BCUT2D eigenvalue weighted by Crippen LogP contribution is -2.29. The maximum atomic E-state index is 12.4. The van der Waals surface area contributed by atoms with Crippen LogP contribution < -0.4 is 0 Å². The third-order valence-electron chi connectivity index (χ3n) is 4.21. The van der Waals surface area contributed by atoms with Crippen molar-refractivity contribution in [2.45, 2.75) is 25.8 Å². The van der Waals surface area contributed by atoms with E-state index >= 15 is 0 Å². The number of hydrogen-bond acceptors (Lipinski definition) is 3. The molecule has 1 amide bonds. The summed E-state index contributed by atoms with van der Waals surface area (Å²) in [6.07, 6.45) is 6.53. The summed E-state index contributed by atoms with van der Waals surface area (Å²) in [4.78, 5) is 14.1. The summed E-state index contributed by atoms with van der Waals surface area (Å²) in [5.74, 6) is 0.883. The second kappa shape index (κ2) is 7.17. The van der Waals surface area contributed by atoms with Crippen molar-refractivity contribution in [2.75, 3.05) is 7.05 Å². The molecule has 0 fully saturated rings. The van der Waals surface area contributed by atoms with E-state index in [1.165, 1.54) is 0 Å². The Morgan fingerprint density at radius 3 is 2.75 bits per heavy atom. The van der Waals surface area contributed by atoms with Crippen LogP contribution >= 0.6 is 0 Å². The highest BCUT2D eigenvalue weighted by Crippen LogP contribution is 2.20. The molecule has 24 heavy (non-hydrogen) atoms. The second-order valence-electron chi connectivity index (χ2n) is 5.82. The molecule has 0 aliphatic rings. The zero-order chi connectivity index (χ0) is 16.9. The predicted molar refractivity (Wildman–Crippen MR) is 91.8 cm³/mol. The molecule has 1 atom stereocenters. The van der Waals surface area contributed by atoms with Crippen molar-refractivity contribution in [1.29, 1.82) is 0 Å². The first-order valence-electron chi connectivity index (χ1n) is 8.03. The van der Waals surface area contributed by atoms with E-state index in [2.05, 4.69) is 5.10 Å². The van der Waals surface area contributed by atoms with Crippen LogP contribution in [0.15, 0.2) is 65.5 Å². The van der Waals surface area contributed by atoms with Crippen LogP contribution in [0.3, 0.4) is 0 Å². The van der Waals surface area contributed by atoms with Gasteiger partial charge in [0.1, 0.15) is 5.76 Å². The van der Waals surface area contributed by atoms with Crippen molar-refractivity contribution in [2.24, 2.45) is 0 Å². The molecule has 0 radical (unpaired) electrons. The fraction of sp³-hybridized carbons (Fsp3) is 0.263. The van der Waals surface area contributed by atoms with Gasteiger partial charge in [0, 0.05) is 19.7 Å². The van der Waals surface area contributed by atoms with Crippen molar-refractivity contribution in [1.82, 2.24) is 14.7 Å². The monoisotopic (exact) mass is 323 g/mol. The molecule has 0 saturated carbocycles. The third kappa shape index (κ3) is 3.56. The van der Waals surface area contributed by atoms with Crippen LogP contribution in [0.4, 0.5) is 0 Å². The Morgan fingerprint density at radius 2 is 2.04 bits per heavy atom. The van der Waals surface area contributed by atoms with Gasteiger partial charge in [0.15, 0.2) is 0 Å². The van der Waals surface area contributed by atoms with Crippen LogP contribution in [-0.4, -0.2) is 27.6 Å². The highest BCUT2D eigenvalue weighted by atomic mass is 16.3. The topological polar surface area (TPSA) is 51.3 Å². The van der Waals surface area contributed by atoms with Gasteiger partial charge in [-0.2, -0.15) is 5.10 Å². The summed E-state index contributed by atoms with van der Waals surface area (Å²) in [6, 6.07) is 13.6. The van der Waals surface area contributed by atoms with Gasteiger partial charge in [-0.15, -0.1) is 0 Å². The average molecular weight is 323 g/mol. The number of hydrogen-bond donors (Lipinski definition) is 0. The number of aromatic nitrogens is 2. The highest BCUT2D eigenvalue weighted by molar-refractivity contribution is 5.76. The molecule has 0 saturated heterocycles. The van der Waals surface area contributed by atoms with Crippen LogP contribution in [0.5, 0.6) is 0 Å². The molecule has 1 aromatic carbocycles. The zero-order valence-electron chi connectivity index (χ0n) is 13.9. The fourth-order valence-electron chi connectivity index (χ4n) is 2.57. The van der Waals surface area contributed by atoms with Crippen LogP contribution in [0.2, 0.25) is 0 Å². The molecule has 2 aromatic heterocycles. The van der Waals surface area contributed by atoms with E-state index in [-0.39, 0.29) is 11.9 Å². The number of aryl methyl sites for hydroxylation is 1. The molecule has 124 valence electrons. The first kappa shape index (κ1) is 16.1. The molecule has 1 unspecified atom stereocenters. The Bertz CT molecular complexity index is 778. The molecule has 0 bridgehead atoms. The van der Waals surface area contributed by atoms with E-state index in [1.54, 1.807) is 11.2 Å². The molecule has 3 aromatic rings. The standard InChI is InChI=1S/C19H21N3O2/c1-15(18-9-6-12-24-18)21(2)19(23)11-10-16-13-20-22(14-16)17-7-4-3-5-8-17/h3-9,12-15H,10-11H2,1-2H3. The van der Waals surface area contributed by atoms with E-state index in [0.29, 0.717) is 12.8 Å². The number of carbonyl (C=O) groups is 1. The number of para-hydroxylation sites is 1. The van der Waals surface area contributed by atoms with Crippen molar-refractivity contribution < 1.29 is 9.21 Å². The molecule has 0 aliphatic carbocycles. The Kier molecular flexibility index (Phi) is 4.79. The third-order valence-corrected chi connectivity index (χ3v) is 4.21. The minimum atomic E-state index is -0.0699. The first-order valence-corrected chi connectivity index (χ1v) is 8.03. The second-order valence-corrected chi connectivity index (χ2v) is 5.82. The normalized spacial score (nSPS) is 12.1. The van der Waals surface area contributed by atoms with E-state index in [9.17, 15) is 4.79 Å². The van der Waals surface area contributed by atoms with Crippen LogP contribution in [-0.2, 0) is 11.2 Å². The van der Waals surface area contributed by atoms with Gasteiger partial charge in [-0.1, -0.05) is 18.2 Å². The summed E-state index contributed by atoms with van der Waals surface area (Å²) < 4.78 is 7.20. The smallest absolute Gasteiger partial charge is 0.223 e. The molecular formula is C19H21N3O2. The van der Waals surface area contributed by atoms with Crippen LogP contribution in [0.25, 0.3) is 5.69 Å². The first-order chi connectivity index (χ1) is 11.6. The van der Waals surface area contributed by atoms with Crippen molar-refractivity contribution >= 4 is 5.91 Å². The SMILES string of the molecule is CC(c1ccco1)N(C)C(=O)CCc1cnn(-c2ccccc2)c1. The van der Waals surface area contributed by atoms with Gasteiger partial charge in [-0.25, -0.2) is 4.68 Å². The number of amides is 1. The average Bonchev–Trinajstić information content (AvgIpc) is 3.31. The summed E-state index contributed by atoms with van der Waals surface area (Å²) in [5.41, 5.74) is 2.06. The van der Waals surface area contributed by atoms with Gasteiger partial charge in [0.25, 0.3) is 0 Å². The maximum absolute atomic E-state index is 12.4. The lowest BCUT2D eigenvalue weighted by atomic mass is 10.1. The van der Waals surface area contributed by atoms with Gasteiger partial charge in [-0.05, 0) is 43.2 Å². The largest absolute Gasteiger partial charge is 0.467 e. The number of furan rings is 1. The van der Waals surface area contributed by atoms with E-state index in [1.807, 2.05) is 73.5 Å². The molecule has 0 N–H and O–H groups in total. The van der Waals surface area contributed by atoms with E-state index in [4.69, 9.17) is 4.42 Å². The van der Waals surface area contributed by atoms with Crippen molar-refractivity contribution in [3.63, 3.8) is 0 Å². The summed E-state index contributed by atoms with van der Waals surface area (Å²) >= 11 is 0. The lowest BCUT2D eigenvalue weighted by molar-refractivity contribution is -0.132. The number of benzene rings is 1. The minimum absolute atomic E-state index is 0.0699. The molecule has 5 nitrogen and oxygen atoms in total. The van der Waals surface area contributed by atoms with Gasteiger partial charge in [0.2, 0.25) is 5.91 Å². The van der Waals surface area contributed by atoms with Crippen LogP contribution in [0.1, 0.15) is 30.7 Å². The highest BCUT2D eigenvalue weighted by Gasteiger charge is 2.19. The molecule has 0 spiro atoms. The van der Waals surface area contributed by atoms with Gasteiger partial charge < -0.3 is 9.32 Å². The van der Waals surface area contributed by atoms with Gasteiger partial charge >= 0.3 is 0 Å². The van der Waals surface area contributed by atoms with Gasteiger partial charge in [0.05, 0.1) is 24.2 Å². The van der Waals surface area contributed by atoms with Crippen molar-refractivity contribution in [3.05, 3.63) is 72.4 Å². The Balaban J connectivity index is 1.58. The maximum Gasteiger partial charge on any atom is 0.223 e. The molecule has 3 rings (SSSR count). The number of nitrogens with zero attached hydrogens (tertiary/aromatic N) is 3. The fourth-order valence-corrected chi connectivity index (χ4v) is 2.57. The number of carbonyl (C=O) groups excluding carboxylic acids is 1. The lowest BCUT2D eigenvalue weighted by Gasteiger charge is -2.23.